The van der Waals surface area contributed by atoms with Gasteiger partial charge in [-0.1, -0.05) is 12.1 Å². The lowest BCUT2D eigenvalue weighted by Crippen LogP contribution is -2.16. The minimum Gasteiger partial charge on any atom is -0.367 e. The van der Waals surface area contributed by atoms with E-state index in [0.717, 1.165) is 12.1 Å². The molecule has 0 unspecified atom stereocenters. The van der Waals surface area contributed by atoms with Crippen molar-refractivity contribution in [2.45, 2.75) is 12.7 Å². The molecule has 3 heteroatoms. The fourth-order valence-electron chi connectivity index (χ4n) is 1.66. The molecule has 0 aliphatic carbocycles. The van der Waals surface area contributed by atoms with E-state index in [2.05, 4.69) is 5.32 Å². The van der Waals surface area contributed by atoms with E-state index in [9.17, 15) is 4.39 Å². The van der Waals surface area contributed by atoms with Crippen LogP contribution in [0, 0.1) is 5.82 Å². The van der Waals surface area contributed by atoms with Crippen LogP contribution in [-0.2, 0) is 11.3 Å². The molecule has 1 aromatic carbocycles. The van der Waals surface area contributed by atoms with Crippen molar-refractivity contribution < 1.29 is 9.13 Å². The molecule has 1 N–H and O–H groups in total. The van der Waals surface area contributed by atoms with Gasteiger partial charge < -0.3 is 10.1 Å². The molecule has 2 rings (SSSR count). The fraction of sp³-hybridized carbons (Fsp3) is 0.400. The van der Waals surface area contributed by atoms with Crippen LogP contribution in [0.25, 0.3) is 0 Å². The second kappa shape index (κ2) is 3.44. The van der Waals surface area contributed by atoms with Gasteiger partial charge in [0.25, 0.3) is 0 Å². The zero-order valence-corrected chi connectivity index (χ0v) is 7.51. The maximum absolute atomic E-state index is 13.2. The summed E-state index contributed by atoms with van der Waals surface area (Å²) in [7, 11) is 1.86. The molecule has 0 radical (unpaired) electrons. The average molecular weight is 181 g/mol. The molecule has 1 aliphatic rings. The number of halogens is 1. The van der Waals surface area contributed by atoms with Gasteiger partial charge in [0.15, 0.2) is 0 Å². The van der Waals surface area contributed by atoms with Crippen molar-refractivity contribution in [2.75, 3.05) is 13.6 Å². The van der Waals surface area contributed by atoms with Crippen LogP contribution in [0.15, 0.2) is 18.2 Å². The van der Waals surface area contributed by atoms with Crippen molar-refractivity contribution in [1.82, 2.24) is 5.32 Å². The summed E-state index contributed by atoms with van der Waals surface area (Å²) in [5.74, 6) is -0.156. The maximum Gasteiger partial charge on any atom is 0.129 e. The van der Waals surface area contributed by atoms with Gasteiger partial charge in [-0.2, -0.15) is 0 Å². The molecule has 0 fully saturated rings. The quantitative estimate of drug-likeness (QED) is 0.748. The molecule has 0 spiro atoms. The standard InChI is InChI=1S/C10H12FNO/c1-12-5-10-7-3-2-4-9(11)8(7)6-13-10/h2-4,10,12H,5-6H2,1H3/t10-/m0/s1. The number of rotatable bonds is 2. The summed E-state index contributed by atoms with van der Waals surface area (Å²) < 4.78 is 18.6. The minimum absolute atomic E-state index is 0.00991. The van der Waals surface area contributed by atoms with Crippen LogP contribution in [0.4, 0.5) is 4.39 Å². The number of fused-ring (bicyclic) bond motifs is 1. The van der Waals surface area contributed by atoms with Gasteiger partial charge in [0.05, 0.1) is 12.7 Å². The molecular formula is C10H12FNO. The number of nitrogens with one attached hydrogen (secondary N) is 1. The van der Waals surface area contributed by atoms with Crippen molar-refractivity contribution in [3.8, 4) is 0 Å². The summed E-state index contributed by atoms with van der Waals surface area (Å²) in [5.41, 5.74) is 1.69. The number of benzene rings is 1. The molecule has 0 saturated heterocycles. The zero-order valence-electron chi connectivity index (χ0n) is 7.51. The van der Waals surface area contributed by atoms with Gasteiger partial charge in [0, 0.05) is 12.1 Å². The van der Waals surface area contributed by atoms with Crippen molar-refractivity contribution >= 4 is 0 Å². The third kappa shape index (κ3) is 1.45. The van der Waals surface area contributed by atoms with Crippen LogP contribution in [0.1, 0.15) is 17.2 Å². The lowest BCUT2D eigenvalue weighted by Gasteiger charge is -2.09. The monoisotopic (exact) mass is 181 g/mol. The Morgan fingerprint density at radius 1 is 1.62 bits per heavy atom. The van der Waals surface area contributed by atoms with E-state index in [0.29, 0.717) is 12.2 Å². The van der Waals surface area contributed by atoms with E-state index < -0.39 is 0 Å². The smallest absolute Gasteiger partial charge is 0.129 e. The van der Waals surface area contributed by atoms with Gasteiger partial charge in [0.1, 0.15) is 5.82 Å². The highest BCUT2D eigenvalue weighted by Crippen LogP contribution is 2.31. The Hall–Kier alpha value is -0.930. The fourth-order valence-corrected chi connectivity index (χ4v) is 1.66. The van der Waals surface area contributed by atoms with Gasteiger partial charge in [-0.3, -0.25) is 0 Å². The first kappa shape index (κ1) is 8.66. The molecule has 13 heavy (non-hydrogen) atoms. The molecule has 1 aliphatic heterocycles. The van der Waals surface area contributed by atoms with Crippen LogP contribution in [-0.4, -0.2) is 13.6 Å². The van der Waals surface area contributed by atoms with Crippen molar-refractivity contribution in [2.24, 2.45) is 0 Å². The van der Waals surface area contributed by atoms with Crippen molar-refractivity contribution in [3.05, 3.63) is 35.1 Å². The van der Waals surface area contributed by atoms with E-state index in [4.69, 9.17) is 4.74 Å². The summed E-state index contributed by atoms with van der Waals surface area (Å²) in [4.78, 5) is 0. The molecule has 0 bridgehead atoms. The first-order valence-electron chi connectivity index (χ1n) is 4.36. The van der Waals surface area contributed by atoms with Gasteiger partial charge in [0.2, 0.25) is 0 Å². The lowest BCUT2D eigenvalue weighted by atomic mass is 10.1. The van der Waals surface area contributed by atoms with Crippen LogP contribution in [0.2, 0.25) is 0 Å². The van der Waals surface area contributed by atoms with E-state index in [1.54, 1.807) is 6.07 Å². The molecule has 70 valence electrons. The molecule has 0 amide bonds. The van der Waals surface area contributed by atoms with Gasteiger partial charge in [-0.15, -0.1) is 0 Å². The number of likely N-dealkylation sites (N-methyl/N-ethyl adjacent to an activating group) is 1. The van der Waals surface area contributed by atoms with Crippen LogP contribution in [0.3, 0.4) is 0 Å². The van der Waals surface area contributed by atoms with Crippen LogP contribution >= 0.6 is 0 Å². The molecule has 1 aromatic rings. The van der Waals surface area contributed by atoms with E-state index >= 15 is 0 Å². The van der Waals surface area contributed by atoms with Crippen LogP contribution < -0.4 is 5.32 Å². The Morgan fingerprint density at radius 3 is 3.23 bits per heavy atom. The van der Waals surface area contributed by atoms with Gasteiger partial charge >= 0.3 is 0 Å². The Morgan fingerprint density at radius 2 is 2.46 bits per heavy atom. The highest BCUT2D eigenvalue weighted by Gasteiger charge is 2.24. The second-order valence-electron chi connectivity index (χ2n) is 3.16. The average Bonchev–Trinajstić information content (AvgIpc) is 2.51. The highest BCUT2D eigenvalue weighted by molar-refractivity contribution is 5.32. The predicted molar refractivity (Wildman–Crippen MR) is 47.9 cm³/mol. The summed E-state index contributed by atoms with van der Waals surface area (Å²) in [6.07, 6.45) is 0.00991. The first-order valence-corrected chi connectivity index (χ1v) is 4.36. The van der Waals surface area contributed by atoms with Crippen molar-refractivity contribution in [1.29, 1.82) is 0 Å². The van der Waals surface area contributed by atoms with Crippen molar-refractivity contribution in [3.63, 3.8) is 0 Å². The minimum atomic E-state index is -0.156. The normalized spacial score (nSPS) is 20.3. The van der Waals surface area contributed by atoms with Gasteiger partial charge in [-0.05, 0) is 18.7 Å². The maximum atomic E-state index is 13.2. The Balaban J connectivity index is 2.32. The van der Waals surface area contributed by atoms with E-state index in [1.165, 1.54) is 6.07 Å². The summed E-state index contributed by atoms with van der Waals surface area (Å²) in [6, 6.07) is 5.13. The lowest BCUT2D eigenvalue weighted by molar-refractivity contribution is 0.0667. The van der Waals surface area contributed by atoms with Gasteiger partial charge in [-0.25, -0.2) is 4.39 Å². The zero-order chi connectivity index (χ0) is 9.26. The highest BCUT2D eigenvalue weighted by atomic mass is 19.1. The number of hydrogen-bond acceptors (Lipinski definition) is 2. The van der Waals surface area contributed by atoms with E-state index in [1.807, 2.05) is 13.1 Å². The molecular weight excluding hydrogens is 169 g/mol. The first-order chi connectivity index (χ1) is 6.33. The molecule has 2 nitrogen and oxygen atoms in total. The number of ether oxygens (including phenoxy) is 1. The molecule has 0 saturated carbocycles. The third-order valence-corrected chi connectivity index (χ3v) is 2.32. The second-order valence-corrected chi connectivity index (χ2v) is 3.16. The summed E-state index contributed by atoms with van der Waals surface area (Å²) >= 11 is 0. The Labute approximate surface area is 76.7 Å². The van der Waals surface area contributed by atoms with E-state index in [-0.39, 0.29) is 11.9 Å². The molecule has 0 aromatic heterocycles. The predicted octanol–water partition coefficient (Wildman–Crippen LogP) is 1.62. The number of hydrogen-bond donors (Lipinski definition) is 1. The molecule has 1 heterocycles. The Kier molecular flexibility index (Phi) is 2.29. The SMILES string of the molecule is CNC[C@@H]1OCc2c(F)cccc21. The summed E-state index contributed by atoms with van der Waals surface area (Å²) in [5, 5.41) is 3.02. The third-order valence-electron chi connectivity index (χ3n) is 2.32. The summed E-state index contributed by atoms with van der Waals surface area (Å²) in [6.45, 7) is 1.13. The topological polar surface area (TPSA) is 21.3 Å². The van der Waals surface area contributed by atoms with Crippen LogP contribution in [0.5, 0.6) is 0 Å². The molecule has 1 atom stereocenters. The Bertz CT molecular complexity index is 314. The largest absolute Gasteiger partial charge is 0.367 e.